The van der Waals surface area contributed by atoms with Gasteiger partial charge in [-0.15, -0.1) is 0 Å². The van der Waals surface area contributed by atoms with Crippen LogP contribution in [0.25, 0.3) is 33.4 Å². The Kier molecular flexibility index (Phi) is 6.44. The largest absolute Gasteiger partial charge is 0.484 e. The summed E-state index contributed by atoms with van der Waals surface area (Å²) in [5.41, 5.74) is 3.91. The number of carbonyl (C=O) groups excluding carboxylic acids is 1. The average Bonchev–Trinajstić information content (AvgIpc) is 2.89. The molecule has 0 radical (unpaired) electrons. The number of rotatable bonds is 6. The van der Waals surface area contributed by atoms with Gasteiger partial charge in [-0.05, 0) is 80.5 Å². The highest BCUT2D eigenvalue weighted by atomic mass is 16.5. The molecular formula is C27H27N5O2. The van der Waals surface area contributed by atoms with Crippen LogP contribution in [0.1, 0.15) is 12.8 Å². The fraction of sp³-hybridized carbons (Fsp3) is 0.259. The summed E-state index contributed by atoms with van der Waals surface area (Å²) in [4.78, 5) is 28.0. The van der Waals surface area contributed by atoms with Gasteiger partial charge in [0.05, 0.1) is 5.52 Å². The molecule has 0 unspecified atom stereocenters. The third-order valence-corrected chi connectivity index (χ3v) is 6.14. The van der Waals surface area contributed by atoms with Crippen LogP contribution in [0.4, 0.5) is 0 Å². The molecule has 2 aromatic carbocycles. The number of hydrogen-bond acceptors (Lipinski definition) is 6. The molecule has 34 heavy (non-hydrogen) atoms. The lowest BCUT2D eigenvalue weighted by Crippen LogP contribution is -2.44. The number of nitrogens with one attached hydrogen (secondary N) is 1. The number of aromatic nitrogens is 3. The van der Waals surface area contributed by atoms with Gasteiger partial charge in [0.1, 0.15) is 5.75 Å². The minimum absolute atomic E-state index is 0.00778. The monoisotopic (exact) mass is 453 g/mol. The van der Waals surface area contributed by atoms with Crippen LogP contribution in [0.15, 0.2) is 73.2 Å². The third-order valence-electron chi connectivity index (χ3n) is 6.14. The Morgan fingerprint density at radius 2 is 1.85 bits per heavy atom. The summed E-state index contributed by atoms with van der Waals surface area (Å²) in [5, 5.41) is 4.04. The minimum atomic E-state index is -0.0908. The Hall–Kier alpha value is -3.84. The van der Waals surface area contributed by atoms with E-state index in [-0.39, 0.29) is 18.6 Å². The SMILES string of the molecule is CN1CCC(NC(=O)COc2cccc(-c3ncc4cc(-c5ccncc5)ccc4n3)c2)CC1. The van der Waals surface area contributed by atoms with E-state index in [4.69, 9.17) is 9.72 Å². The molecule has 7 heteroatoms. The fourth-order valence-electron chi connectivity index (χ4n) is 4.19. The lowest BCUT2D eigenvalue weighted by atomic mass is 10.1. The topological polar surface area (TPSA) is 80.2 Å². The molecular weight excluding hydrogens is 426 g/mol. The zero-order valence-corrected chi connectivity index (χ0v) is 19.1. The van der Waals surface area contributed by atoms with Gasteiger partial charge < -0.3 is 15.0 Å². The molecule has 0 atom stereocenters. The van der Waals surface area contributed by atoms with E-state index in [9.17, 15) is 4.79 Å². The number of benzene rings is 2. The van der Waals surface area contributed by atoms with Crippen LogP contribution in [0.5, 0.6) is 5.75 Å². The van der Waals surface area contributed by atoms with Crippen molar-refractivity contribution in [3.63, 3.8) is 0 Å². The molecule has 1 aliphatic heterocycles. The van der Waals surface area contributed by atoms with Gasteiger partial charge in [-0.2, -0.15) is 0 Å². The molecule has 7 nitrogen and oxygen atoms in total. The van der Waals surface area contributed by atoms with Gasteiger partial charge in [-0.25, -0.2) is 9.97 Å². The Bertz CT molecular complexity index is 1290. The molecule has 1 amide bonds. The number of hydrogen-bond donors (Lipinski definition) is 1. The van der Waals surface area contributed by atoms with Gasteiger partial charge in [-0.3, -0.25) is 9.78 Å². The van der Waals surface area contributed by atoms with Gasteiger partial charge in [-0.1, -0.05) is 18.2 Å². The average molecular weight is 454 g/mol. The van der Waals surface area contributed by atoms with Crippen molar-refractivity contribution >= 4 is 16.8 Å². The van der Waals surface area contributed by atoms with Crippen molar-refractivity contribution in [2.24, 2.45) is 0 Å². The third kappa shape index (κ3) is 5.21. The minimum Gasteiger partial charge on any atom is -0.484 e. The van der Waals surface area contributed by atoms with Crippen molar-refractivity contribution in [1.82, 2.24) is 25.2 Å². The van der Waals surface area contributed by atoms with E-state index in [2.05, 4.69) is 39.4 Å². The zero-order chi connectivity index (χ0) is 23.3. The summed E-state index contributed by atoms with van der Waals surface area (Å²) in [6.07, 6.45) is 7.35. The molecule has 1 N–H and O–H groups in total. The number of pyridine rings is 1. The quantitative estimate of drug-likeness (QED) is 0.476. The molecule has 5 rings (SSSR count). The summed E-state index contributed by atoms with van der Waals surface area (Å²) in [5.74, 6) is 1.14. The van der Waals surface area contributed by atoms with Gasteiger partial charge in [0.25, 0.3) is 5.91 Å². The first kappa shape index (κ1) is 22.0. The predicted molar refractivity (Wildman–Crippen MR) is 132 cm³/mol. The number of piperidine rings is 1. The Labute approximate surface area is 198 Å². The van der Waals surface area contributed by atoms with Crippen LogP contribution in [0.3, 0.4) is 0 Å². The summed E-state index contributed by atoms with van der Waals surface area (Å²) in [6, 6.07) is 17.9. The lowest BCUT2D eigenvalue weighted by Gasteiger charge is -2.29. The molecule has 3 heterocycles. The molecule has 2 aromatic heterocycles. The van der Waals surface area contributed by atoms with E-state index in [0.29, 0.717) is 11.6 Å². The number of amides is 1. The number of fused-ring (bicyclic) bond motifs is 1. The molecule has 1 saturated heterocycles. The Morgan fingerprint density at radius 3 is 2.68 bits per heavy atom. The van der Waals surface area contributed by atoms with E-state index < -0.39 is 0 Å². The molecule has 1 aliphatic rings. The van der Waals surface area contributed by atoms with Crippen molar-refractivity contribution in [3.05, 3.63) is 73.2 Å². The maximum absolute atomic E-state index is 12.3. The summed E-state index contributed by atoms with van der Waals surface area (Å²) in [7, 11) is 2.10. The second-order valence-corrected chi connectivity index (χ2v) is 8.66. The van der Waals surface area contributed by atoms with Gasteiger partial charge in [0.15, 0.2) is 12.4 Å². The van der Waals surface area contributed by atoms with Crippen molar-refractivity contribution in [3.8, 4) is 28.3 Å². The number of carbonyl (C=O) groups is 1. The van der Waals surface area contributed by atoms with Crippen molar-refractivity contribution in [2.45, 2.75) is 18.9 Å². The van der Waals surface area contributed by atoms with Crippen LogP contribution in [0, 0.1) is 0 Å². The van der Waals surface area contributed by atoms with Gasteiger partial charge in [0.2, 0.25) is 0 Å². The van der Waals surface area contributed by atoms with Crippen LogP contribution < -0.4 is 10.1 Å². The second kappa shape index (κ2) is 9.97. The highest BCUT2D eigenvalue weighted by Crippen LogP contribution is 2.26. The molecule has 0 bridgehead atoms. The molecule has 172 valence electrons. The van der Waals surface area contributed by atoms with Crippen molar-refractivity contribution in [1.29, 1.82) is 0 Å². The standard InChI is InChI=1S/C27H27N5O2/c1-32-13-9-23(10-14-32)30-26(33)18-34-24-4-2-3-21(16-24)27-29-17-22-15-20(5-6-25(22)31-27)19-7-11-28-12-8-19/h2-8,11-12,15-17,23H,9-10,13-14,18H2,1H3,(H,30,33). The molecule has 0 spiro atoms. The van der Waals surface area contributed by atoms with Crippen LogP contribution in [0.2, 0.25) is 0 Å². The number of likely N-dealkylation sites (tertiary alicyclic amines) is 1. The molecule has 0 saturated carbocycles. The summed E-state index contributed by atoms with van der Waals surface area (Å²) < 4.78 is 5.76. The zero-order valence-electron chi connectivity index (χ0n) is 19.1. The number of ether oxygens (including phenoxy) is 1. The Balaban J connectivity index is 1.26. The van der Waals surface area contributed by atoms with Gasteiger partial charge >= 0.3 is 0 Å². The first-order chi connectivity index (χ1) is 16.6. The molecule has 4 aromatic rings. The maximum atomic E-state index is 12.3. The first-order valence-electron chi connectivity index (χ1n) is 11.5. The van der Waals surface area contributed by atoms with E-state index in [1.54, 1.807) is 12.4 Å². The van der Waals surface area contributed by atoms with Crippen molar-refractivity contribution < 1.29 is 9.53 Å². The predicted octanol–water partition coefficient (Wildman–Crippen LogP) is 3.95. The first-order valence-corrected chi connectivity index (χ1v) is 11.5. The Morgan fingerprint density at radius 1 is 1.03 bits per heavy atom. The lowest BCUT2D eigenvalue weighted by molar-refractivity contribution is -0.124. The maximum Gasteiger partial charge on any atom is 0.258 e. The smallest absolute Gasteiger partial charge is 0.258 e. The summed E-state index contributed by atoms with van der Waals surface area (Å²) in [6.45, 7) is 2.00. The highest BCUT2D eigenvalue weighted by Gasteiger charge is 2.18. The van der Waals surface area contributed by atoms with E-state index in [1.165, 1.54) is 0 Å². The normalized spacial score (nSPS) is 14.7. The summed E-state index contributed by atoms with van der Waals surface area (Å²) >= 11 is 0. The highest BCUT2D eigenvalue weighted by molar-refractivity contribution is 5.85. The van der Waals surface area contributed by atoms with E-state index in [0.717, 1.165) is 53.5 Å². The van der Waals surface area contributed by atoms with Crippen LogP contribution in [-0.4, -0.2) is 58.5 Å². The van der Waals surface area contributed by atoms with Gasteiger partial charge in [0, 0.05) is 35.6 Å². The van der Waals surface area contributed by atoms with Crippen molar-refractivity contribution in [2.75, 3.05) is 26.7 Å². The van der Waals surface area contributed by atoms with E-state index >= 15 is 0 Å². The van der Waals surface area contributed by atoms with Crippen LogP contribution in [-0.2, 0) is 4.79 Å². The fourth-order valence-corrected chi connectivity index (χ4v) is 4.19. The van der Waals surface area contributed by atoms with Crippen LogP contribution >= 0.6 is 0 Å². The second-order valence-electron chi connectivity index (χ2n) is 8.66. The molecule has 0 aliphatic carbocycles. The number of nitrogens with zero attached hydrogens (tertiary/aromatic N) is 4. The van der Waals surface area contributed by atoms with E-state index in [1.807, 2.05) is 48.7 Å². The molecule has 1 fully saturated rings.